The minimum Gasteiger partial charge on any atom is -0.495 e. The number of hydrogen-bond donors (Lipinski definition) is 2. The maximum absolute atomic E-state index is 13.4. The molecule has 8 nitrogen and oxygen atoms in total. The Balaban J connectivity index is 1.61. The van der Waals surface area contributed by atoms with Gasteiger partial charge in [0.15, 0.2) is 0 Å². The van der Waals surface area contributed by atoms with E-state index in [0.29, 0.717) is 54.7 Å². The summed E-state index contributed by atoms with van der Waals surface area (Å²) in [6, 6.07) is 10.8. The average molecular weight is 501 g/mol. The molecule has 1 aliphatic rings. The molecule has 34 heavy (non-hydrogen) atoms. The number of carbonyl (C=O) groups is 2. The van der Waals surface area contributed by atoms with Crippen LogP contribution in [-0.4, -0.2) is 42.1 Å². The number of anilines is 2. The van der Waals surface area contributed by atoms with Crippen molar-refractivity contribution in [3.8, 4) is 5.75 Å². The van der Waals surface area contributed by atoms with Crippen LogP contribution in [0.4, 0.5) is 15.5 Å². The van der Waals surface area contributed by atoms with Gasteiger partial charge in [0.2, 0.25) is 0 Å². The van der Waals surface area contributed by atoms with Gasteiger partial charge in [-0.1, -0.05) is 17.7 Å². The zero-order valence-electron chi connectivity index (χ0n) is 18.9. The lowest BCUT2D eigenvalue weighted by molar-refractivity contribution is 0.102. The molecule has 0 atom stereocenters. The second-order valence-electron chi connectivity index (χ2n) is 7.56. The van der Waals surface area contributed by atoms with Gasteiger partial charge in [0.25, 0.3) is 5.91 Å². The van der Waals surface area contributed by atoms with Crippen molar-refractivity contribution in [2.45, 2.75) is 26.4 Å². The fourth-order valence-electron chi connectivity index (χ4n) is 3.75. The Morgan fingerprint density at radius 3 is 2.82 bits per heavy atom. The Kier molecular flexibility index (Phi) is 7.54. The van der Waals surface area contributed by atoms with Crippen LogP contribution < -0.4 is 15.4 Å². The predicted octanol–water partition coefficient (Wildman–Crippen LogP) is 5.18. The molecular formula is C24H25ClN4O4S. The van der Waals surface area contributed by atoms with E-state index < -0.39 is 0 Å². The first kappa shape index (κ1) is 23.8. The van der Waals surface area contributed by atoms with Crippen molar-refractivity contribution in [3.63, 3.8) is 0 Å². The molecule has 10 heteroatoms. The highest BCUT2D eigenvalue weighted by Gasteiger charge is 2.30. The van der Waals surface area contributed by atoms with E-state index in [9.17, 15) is 9.59 Å². The van der Waals surface area contributed by atoms with Gasteiger partial charge < -0.3 is 25.0 Å². The van der Waals surface area contributed by atoms with Gasteiger partial charge in [0.1, 0.15) is 10.8 Å². The quantitative estimate of drug-likeness (QED) is 0.464. The van der Waals surface area contributed by atoms with Crippen LogP contribution >= 0.6 is 22.9 Å². The lowest BCUT2D eigenvalue weighted by Crippen LogP contribution is -2.36. The Bertz CT molecular complexity index is 1190. The fourth-order valence-corrected chi connectivity index (χ4v) is 5.26. The van der Waals surface area contributed by atoms with Crippen molar-refractivity contribution in [1.29, 1.82) is 0 Å². The largest absolute Gasteiger partial charge is 0.495 e. The first-order valence-electron chi connectivity index (χ1n) is 10.8. The molecule has 3 aromatic rings. The monoisotopic (exact) mass is 500 g/mol. The zero-order valence-corrected chi connectivity index (χ0v) is 20.5. The first-order valence-corrected chi connectivity index (χ1v) is 12.0. The summed E-state index contributed by atoms with van der Waals surface area (Å²) in [5, 5.41) is 7.46. The van der Waals surface area contributed by atoms with Crippen molar-refractivity contribution in [2.24, 2.45) is 0 Å². The normalized spacial score (nSPS) is 12.6. The van der Waals surface area contributed by atoms with E-state index in [0.717, 1.165) is 21.1 Å². The molecule has 2 N–H and O–H groups in total. The van der Waals surface area contributed by atoms with Gasteiger partial charge in [-0.25, -0.2) is 4.79 Å². The van der Waals surface area contributed by atoms with Crippen LogP contribution in [0, 0.1) is 0 Å². The van der Waals surface area contributed by atoms with Crippen LogP contribution in [0.5, 0.6) is 5.75 Å². The number of amides is 2. The van der Waals surface area contributed by atoms with Crippen LogP contribution in [0.3, 0.4) is 0 Å². The van der Waals surface area contributed by atoms with E-state index in [1.54, 1.807) is 36.2 Å². The van der Waals surface area contributed by atoms with Crippen molar-refractivity contribution < 1.29 is 19.1 Å². The number of halogens is 1. The third kappa shape index (κ3) is 5.26. The van der Waals surface area contributed by atoms with Crippen LogP contribution in [0.25, 0.3) is 0 Å². The van der Waals surface area contributed by atoms with Gasteiger partial charge in [-0.3, -0.25) is 9.78 Å². The maximum atomic E-state index is 13.4. The number of aromatic nitrogens is 1. The molecule has 2 amide bonds. The standard InChI is InChI=1S/C24H25ClN4O4S/c1-3-33-24(31)29-11-9-17-20(14-29)34-23(27-13-16-6-4-5-10-26-16)21(17)22(30)28-15-7-8-19(32-2)18(25)12-15/h4-8,10,12,27H,3,9,11,13-14H2,1-2H3,(H,28,30). The molecule has 0 radical (unpaired) electrons. The Morgan fingerprint density at radius 2 is 2.12 bits per heavy atom. The van der Waals surface area contributed by atoms with Crippen LogP contribution in [0.15, 0.2) is 42.6 Å². The highest BCUT2D eigenvalue weighted by Crippen LogP contribution is 2.38. The molecule has 0 saturated carbocycles. The summed E-state index contributed by atoms with van der Waals surface area (Å²) in [6.45, 7) is 3.46. The smallest absolute Gasteiger partial charge is 0.410 e. The van der Waals surface area contributed by atoms with Gasteiger partial charge in [0, 0.05) is 23.3 Å². The van der Waals surface area contributed by atoms with E-state index in [1.807, 2.05) is 18.2 Å². The molecule has 178 valence electrons. The molecule has 2 aromatic heterocycles. The highest BCUT2D eigenvalue weighted by molar-refractivity contribution is 7.16. The van der Waals surface area contributed by atoms with Crippen molar-refractivity contribution in [2.75, 3.05) is 30.9 Å². The maximum Gasteiger partial charge on any atom is 0.410 e. The number of rotatable bonds is 7. The number of nitrogens with zero attached hydrogens (tertiary/aromatic N) is 2. The average Bonchev–Trinajstić information content (AvgIpc) is 3.21. The van der Waals surface area contributed by atoms with Gasteiger partial charge >= 0.3 is 6.09 Å². The predicted molar refractivity (Wildman–Crippen MR) is 133 cm³/mol. The minimum atomic E-state index is -0.344. The summed E-state index contributed by atoms with van der Waals surface area (Å²) in [7, 11) is 1.54. The second-order valence-corrected chi connectivity index (χ2v) is 9.07. The number of methoxy groups -OCH3 is 1. The molecule has 0 aliphatic carbocycles. The number of benzene rings is 1. The van der Waals surface area contributed by atoms with Crippen molar-refractivity contribution in [3.05, 3.63) is 69.3 Å². The Hall–Kier alpha value is -3.30. The topological polar surface area (TPSA) is 92.8 Å². The van der Waals surface area contributed by atoms with E-state index >= 15 is 0 Å². The summed E-state index contributed by atoms with van der Waals surface area (Å²) in [6.07, 6.45) is 1.94. The molecular weight excluding hydrogens is 476 g/mol. The van der Waals surface area contributed by atoms with Crippen LogP contribution in [0.1, 0.15) is 33.4 Å². The first-order chi connectivity index (χ1) is 16.5. The summed E-state index contributed by atoms with van der Waals surface area (Å²) >= 11 is 7.70. The van der Waals surface area contributed by atoms with Crippen LogP contribution in [0.2, 0.25) is 5.02 Å². The fraction of sp³-hybridized carbons (Fsp3) is 0.292. The lowest BCUT2D eigenvalue weighted by atomic mass is 10.0. The third-order valence-electron chi connectivity index (χ3n) is 5.38. The number of thiophene rings is 1. The summed E-state index contributed by atoms with van der Waals surface area (Å²) in [5.41, 5.74) is 2.93. The van der Waals surface area contributed by atoms with E-state index in [4.69, 9.17) is 21.1 Å². The van der Waals surface area contributed by atoms with E-state index in [-0.39, 0.29) is 12.0 Å². The summed E-state index contributed by atoms with van der Waals surface area (Å²) < 4.78 is 10.4. The minimum absolute atomic E-state index is 0.244. The van der Waals surface area contributed by atoms with Gasteiger partial charge in [-0.15, -0.1) is 11.3 Å². The third-order valence-corrected chi connectivity index (χ3v) is 6.85. The molecule has 1 aromatic carbocycles. The van der Waals surface area contributed by atoms with Gasteiger partial charge in [0.05, 0.1) is 43.1 Å². The second kappa shape index (κ2) is 10.8. The molecule has 1 aliphatic heterocycles. The summed E-state index contributed by atoms with van der Waals surface area (Å²) in [5.74, 6) is 0.288. The molecule has 0 unspecified atom stereocenters. The Morgan fingerprint density at radius 1 is 1.26 bits per heavy atom. The molecule has 0 bridgehead atoms. The van der Waals surface area contributed by atoms with Gasteiger partial charge in [-0.2, -0.15) is 0 Å². The molecule has 0 saturated heterocycles. The number of nitrogens with one attached hydrogen (secondary N) is 2. The molecule has 4 rings (SSSR count). The number of pyridine rings is 1. The Labute approximate surface area is 206 Å². The van der Waals surface area contributed by atoms with Crippen LogP contribution in [-0.2, 0) is 24.2 Å². The number of carbonyl (C=O) groups excluding carboxylic acids is 2. The lowest BCUT2D eigenvalue weighted by Gasteiger charge is -2.26. The van der Waals surface area contributed by atoms with E-state index in [2.05, 4.69) is 15.6 Å². The molecule has 0 fully saturated rings. The molecule has 3 heterocycles. The van der Waals surface area contributed by atoms with Gasteiger partial charge in [-0.05, 0) is 49.2 Å². The number of fused-ring (bicyclic) bond motifs is 1. The number of ether oxygens (including phenoxy) is 2. The highest BCUT2D eigenvalue weighted by atomic mass is 35.5. The number of hydrogen-bond acceptors (Lipinski definition) is 7. The van der Waals surface area contributed by atoms with Crippen molar-refractivity contribution in [1.82, 2.24) is 9.88 Å². The molecule has 0 spiro atoms. The van der Waals surface area contributed by atoms with Crippen molar-refractivity contribution >= 4 is 45.6 Å². The summed E-state index contributed by atoms with van der Waals surface area (Å²) in [4.78, 5) is 32.6. The SMILES string of the molecule is CCOC(=O)N1CCc2c(sc(NCc3ccccn3)c2C(=O)Nc2ccc(OC)c(Cl)c2)C1. The zero-order chi connectivity index (χ0) is 24.1. The van der Waals surface area contributed by atoms with E-state index in [1.165, 1.54) is 18.4 Å².